The average molecular weight is 582 g/mol. The van der Waals surface area contributed by atoms with Gasteiger partial charge >= 0.3 is 186 Å². The van der Waals surface area contributed by atoms with Crippen LogP contribution in [0.4, 0.5) is 0 Å². The Morgan fingerprint density at radius 1 is 0.933 bits per heavy atom. The Kier molecular flexibility index (Phi) is 6.24. The summed E-state index contributed by atoms with van der Waals surface area (Å²) in [6.07, 6.45) is 0. The third kappa shape index (κ3) is 4.29. The molecule has 4 rings (SSSR count). The van der Waals surface area contributed by atoms with E-state index in [-0.39, 0.29) is 50.9 Å². The topological polar surface area (TPSA) is 137 Å². The van der Waals surface area contributed by atoms with E-state index in [1.807, 2.05) is 6.07 Å². The van der Waals surface area contributed by atoms with Crippen molar-refractivity contribution in [1.29, 1.82) is 0 Å². The monoisotopic (exact) mass is 584 g/mol. The van der Waals surface area contributed by atoms with Crippen LogP contribution in [0.25, 0.3) is 19.3 Å². The van der Waals surface area contributed by atoms with Gasteiger partial charge in [0.25, 0.3) is 0 Å². The molecule has 2 aromatic heterocycles. The van der Waals surface area contributed by atoms with Crippen LogP contribution in [0.1, 0.15) is 0 Å². The van der Waals surface area contributed by atoms with Crippen molar-refractivity contribution in [3.05, 3.63) is 57.1 Å². The first-order chi connectivity index (χ1) is 14.3. The normalized spacial score (nSPS) is 12.2. The molecule has 0 spiro atoms. The van der Waals surface area contributed by atoms with Crippen molar-refractivity contribution in [2.24, 2.45) is 0 Å². The molecule has 0 saturated carbocycles. The van der Waals surface area contributed by atoms with Crippen molar-refractivity contribution < 1.29 is 27.6 Å². The van der Waals surface area contributed by atoms with E-state index in [0.717, 1.165) is 20.6 Å². The molecule has 0 radical (unpaired) electrons. The zero-order chi connectivity index (χ0) is 21.5. The van der Waals surface area contributed by atoms with Crippen LogP contribution in [0.15, 0.2) is 55.8 Å². The molecule has 0 saturated heterocycles. The summed E-state index contributed by atoms with van der Waals surface area (Å²) in [6.45, 7) is 0.665. The SMILES string of the molecule is O=c1c2cc(SOOO)ccc2[se]n1CCn1[se]c2ccc(S(=O)(=O)O)cc2c1=O. The van der Waals surface area contributed by atoms with Gasteiger partial charge in [0.05, 0.1) is 0 Å². The van der Waals surface area contributed by atoms with Gasteiger partial charge in [0, 0.05) is 0 Å². The summed E-state index contributed by atoms with van der Waals surface area (Å²) in [5.74, 6) is 0. The number of hydrogen-bond acceptors (Lipinski definition) is 8. The summed E-state index contributed by atoms with van der Waals surface area (Å²) >= 11 is 0.206. The van der Waals surface area contributed by atoms with Gasteiger partial charge in [-0.25, -0.2) is 0 Å². The number of fused-ring (bicyclic) bond motifs is 2. The van der Waals surface area contributed by atoms with Crippen molar-refractivity contribution in [1.82, 2.24) is 7.12 Å². The Labute approximate surface area is 185 Å². The molecule has 0 fully saturated rings. The van der Waals surface area contributed by atoms with Gasteiger partial charge in [0.1, 0.15) is 0 Å². The summed E-state index contributed by atoms with van der Waals surface area (Å²) in [7, 11) is -4.38. The molecule has 0 aliphatic rings. The first-order valence-electron chi connectivity index (χ1n) is 8.18. The van der Waals surface area contributed by atoms with Gasteiger partial charge in [0.15, 0.2) is 0 Å². The van der Waals surface area contributed by atoms with E-state index in [4.69, 9.17) is 5.26 Å². The molecule has 0 atom stereocenters. The van der Waals surface area contributed by atoms with Crippen molar-refractivity contribution in [2.75, 3.05) is 0 Å². The summed E-state index contributed by atoms with van der Waals surface area (Å²) < 4.78 is 41.1. The fourth-order valence-electron chi connectivity index (χ4n) is 2.84. The molecule has 10 nitrogen and oxygen atoms in total. The molecule has 2 aromatic carbocycles. The van der Waals surface area contributed by atoms with Gasteiger partial charge in [-0.15, -0.1) is 0 Å². The number of aromatic nitrogens is 2. The van der Waals surface area contributed by atoms with E-state index >= 15 is 0 Å². The van der Waals surface area contributed by atoms with E-state index in [0.29, 0.717) is 23.4 Å². The van der Waals surface area contributed by atoms with Gasteiger partial charge in [-0.2, -0.15) is 0 Å². The minimum atomic E-state index is -4.38. The van der Waals surface area contributed by atoms with Crippen LogP contribution in [0.3, 0.4) is 0 Å². The maximum absolute atomic E-state index is 12.7. The Balaban J connectivity index is 1.61. The van der Waals surface area contributed by atoms with E-state index < -0.39 is 10.1 Å². The number of aryl methyl sites for hydroxylation is 2. The fraction of sp³-hybridized carbons (Fsp3) is 0.125. The molecule has 0 aliphatic heterocycles. The molecule has 158 valence electrons. The maximum atomic E-state index is 12.7. The minimum absolute atomic E-state index is 0.150. The second-order valence-corrected chi connectivity index (χ2v) is 12.7. The zero-order valence-corrected chi connectivity index (χ0v) is 19.8. The molecule has 30 heavy (non-hydrogen) atoms. The van der Waals surface area contributed by atoms with Crippen molar-refractivity contribution >= 4 is 70.9 Å². The molecule has 2 heterocycles. The van der Waals surface area contributed by atoms with Crippen LogP contribution in [0.2, 0.25) is 0 Å². The first kappa shape index (κ1) is 21.8. The van der Waals surface area contributed by atoms with E-state index in [1.165, 1.54) is 18.2 Å². The number of benzene rings is 2. The standard InChI is InChI=1S/C16H12N2O8S2Se2/c19-15-11-7-9(27-26-25-21)1-3-13(11)29-17(15)5-6-18-16(20)12-8-10(28(22,23)24)2-4-14(12)30-18/h1-4,7-8,21H,5-6H2,(H,22,23,24). The number of hydrogen-bond donors (Lipinski definition) is 2. The predicted molar refractivity (Wildman–Crippen MR) is 111 cm³/mol. The molecular weight excluding hydrogens is 570 g/mol. The fourth-order valence-corrected chi connectivity index (χ4v) is 7.80. The van der Waals surface area contributed by atoms with Crippen LogP contribution >= 0.6 is 12.0 Å². The van der Waals surface area contributed by atoms with E-state index in [2.05, 4.69) is 9.37 Å². The van der Waals surface area contributed by atoms with E-state index in [9.17, 15) is 22.6 Å². The van der Waals surface area contributed by atoms with Crippen LogP contribution in [0, 0.1) is 0 Å². The molecule has 2 N–H and O–H groups in total. The molecule has 0 bridgehead atoms. The van der Waals surface area contributed by atoms with Crippen molar-refractivity contribution in [3.8, 4) is 0 Å². The van der Waals surface area contributed by atoms with Crippen LogP contribution in [-0.2, 0) is 32.6 Å². The summed E-state index contributed by atoms with van der Waals surface area (Å²) in [5, 5.41) is 12.6. The summed E-state index contributed by atoms with van der Waals surface area (Å²) in [5.41, 5.74) is -0.463. The molecule has 0 amide bonds. The first-order valence-corrected chi connectivity index (χ1v) is 13.6. The summed E-state index contributed by atoms with van der Waals surface area (Å²) in [6, 6.07) is 9.21. The van der Waals surface area contributed by atoms with Crippen LogP contribution in [-0.4, -0.2) is 54.8 Å². The molecule has 0 aliphatic carbocycles. The predicted octanol–water partition coefficient (Wildman–Crippen LogP) is 0.806. The van der Waals surface area contributed by atoms with Crippen molar-refractivity contribution in [2.45, 2.75) is 22.9 Å². The molecular formula is C16H12N2O8S2Se2. The Morgan fingerprint density at radius 2 is 1.50 bits per heavy atom. The third-order valence-corrected chi connectivity index (χ3v) is 10.3. The van der Waals surface area contributed by atoms with Crippen molar-refractivity contribution in [3.63, 3.8) is 0 Å². The van der Waals surface area contributed by atoms with Gasteiger partial charge in [0.2, 0.25) is 0 Å². The second kappa shape index (κ2) is 8.59. The van der Waals surface area contributed by atoms with Gasteiger partial charge in [-0.1, -0.05) is 0 Å². The number of rotatable bonds is 7. The second-order valence-electron chi connectivity index (χ2n) is 6.01. The molecule has 4 aromatic rings. The summed E-state index contributed by atoms with van der Waals surface area (Å²) in [4.78, 5) is 25.6. The van der Waals surface area contributed by atoms with Crippen LogP contribution < -0.4 is 11.1 Å². The zero-order valence-electron chi connectivity index (χ0n) is 14.7. The van der Waals surface area contributed by atoms with Gasteiger partial charge in [-0.05, 0) is 0 Å². The van der Waals surface area contributed by atoms with Gasteiger partial charge < -0.3 is 0 Å². The van der Waals surface area contributed by atoms with Crippen LogP contribution in [0.5, 0.6) is 0 Å². The van der Waals surface area contributed by atoms with Gasteiger partial charge in [-0.3, -0.25) is 0 Å². The Hall–Kier alpha value is -1.44. The Bertz CT molecular complexity index is 1470. The third-order valence-electron chi connectivity index (χ3n) is 4.20. The number of nitrogens with zero attached hydrogens (tertiary/aromatic N) is 2. The molecule has 0 unspecified atom stereocenters. The quantitative estimate of drug-likeness (QED) is 0.107. The van der Waals surface area contributed by atoms with E-state index in [1.54, 1.807) is 19.3 Å². The average Bonchev–Trinajstić information content (AvgIpc) is 3.20. The Morgan fingerprint density at radius 3 is 2.07 bits per heavy atom. The molecule has 14 heteroatoms.